The van der Waals surface area contributed by atoms with Gasteiger partial charge in [-0.15, -0.1) is 0 Å². The Morgan fingerprint density at radius 3 is 2.80 bits per heavy atom. The van der Waals surface area contributed by atoms with E-state index in [0.717, 1.165) is 23.3 Å². The number of nitrogens with zero attached hydrogens (tertiary/aromatic N) is 2. The molecule has 2 aromatic carbocycles. The second kappa shape index (κ2) is 6.54. The van der Waals surface area contributed by atoms with Crippen LogP contribution in [0.2, 0.25) is 5.02 Å². The van der Waals surface area contributed by atoms with Crippen molar-refractivity contribution in [3.8, 4) is 5.75 Å². The molecule has 0 spiro atoms. The monoisotopic (exact) mass is 354 g/mol. The maximum absolute atomic E-state index is 6.43. The minimum absolute atomic E-state index is 0.606. The summed E-state index contributed by atoms with van der Waals surface area (Å²) in [5, 5.41) is 0.716. The van der Waals surface area contributed by atoms with Crippen molar-refractivity contribution in [3.05, 3.63) is 82.9 Å². The summed E-state index contributed by atoms with van der Waals surface area (Å²) in [5.74, 6) is 0.823. The Bertz CT molecular complexity index is 862. The van der Waals surface area contributed by atoms with Crippen molar-refractivity contribution < 1.29 is 9.47 Å². The number of ether oxygens (including phenoxy) is 2. The zero-order chi connectivity index (χ0) is 17.3. The van der Waals surface area contributed by atoms with Gasteiger partial charge in [0.1, 0.15) is 11.4 Å². The van der Waals surface area contributed by atoms with Gasteiger partial charge >= 0.3 is 0 Å². The van der Waals surface area contributed by atoms with Gasteiger partial charge < -0.3 is 14.0 Å². The summed E-state index contributed by atoms with van der Waals surface area (Å²) in [4.78, 5) is 4.17. The molecule has 1 aromatic heterocycles. The lowest BCUT2D eigenvalue weighted by Gasteiger charge is -2.40. The second-order valence-electron chi connectivity index (χ2n) is 6.19. The standard InChI is InChI=1S/C20H19ClN2O2/c1-24-18-6-3-16(4-7-18)20(13-23-10-9-22-14-23)19-12-17(21)5-2-15(19)8-11-25-20/h2-7,9-10,12,14H,8,11,13H2,1H3. The summed E-state index contributed by atoms with van der Waals surface area (Å²) in [6.07, 6.45) is 6.43. The third-order valence-corrected chi connectivity index (χ3v) is 4.98. The minimum Gasteiger partial charge on any atom is -0.497 e. The first-order chi connectivity index (χ1) is 12.2. The van der Waals surface area contributed by atoms with Crippen LogP contribution in [0, 0.1) is 0 Å². The first-order valence-corrected chi connectivity index (χ1v) is 8.62. The number of fused-ring (bicyclic) bond motifs is 1. The van der Waals surface area contributed by atoms with Gasteiger partial charge in [0.2, 0.25) is 0 Å². The molecule has 0 saturated heterocycles. The number of hydrogen-bond acceptors (Lipinski definition) is 3. The van der Waals surface area contributed by atoms with Gasteiger partial charge in [-0.25, -0.2) is 4.98 Å². The van der Waals surface area contributed by atoms with Crippen LogP contribution in [0.4, 0.5) is 0 Å². The molecule has 5 heteroatoms. The highest BCUT2D eigenvalue weighted by Crippen LogP contribution is 2.42. The van der Waals surface area contributed by atoms with Crippen molar-refractivity contribution in [1.29, 1.82) is 0 Å². The molecule has 1 atom stereocenters. The molecule has 1 aliphatic rings. The van der Waals surface area contributed by atoms with Crippen LogP contribution in [-0.2, 0) is 23.3 Å². The van der Waals surface area contributed by atoms with E-state index in [1.165, 1.54) is 5.56 Å². The fourth-order valence-electron chi connectivity index (χ4n) is 3.51. The number of benzene rings is 2. The number of aromatic nitrogens is 2. The molecule has 25 heavy (non-hydrogen) atoms. The van der Waals surface area contributed by atoms with Gasteiger partial charge in [-0.1, -0.05) is 29.8 Å². The topological polar surface area (TPSA) is 36.3 Å². The van der Waals surface area contributed by atoms with Gasteiger partial charge in [0.05, 0.1) is 26.6 Å². The van der Waals surface area contributed by atoms with Crippen LogP contribution in [0.25, 0.3) is 0 Å². The van der Waals surface area contributed by atoms with Crippen LogP contribution in [0.1, 0.15) is 16.7 Å². The Morgan fingerprint density at radius 1 is 1.24 bits per heavy atom. The van der Waals surface area contributed by atoms with Crippen molar-refractivity contribution in [2.45, 2.75) is 18.6 Å². The molecular formula is C20H19ClN2O2. The molecule has 0 amide bonds. The highest BCUT2D eigenvalue weighted by Gasteiger charge is 2.40. The molecule has 0 saturated carbocycles. The number of halogens is 1. The van der Waals surface area contributed by atoms with E-state index >= 15 is 0 Å². The molecule has 128 valence electrons. The molecular weight excluding hydrogens is 336 g/mol. The second-order valence-corrected chi connectivity index (χ2v) is 6.63. The average Bonchev–Trinajstić information content (AvgIpc) is 3.15. The van der Waals surface area contributed by atoms with E-state index in [0.29, 0.717) is 18.2 Å². The molecule has 0 radical (unpaired) electrons. The van der Waals surface area contributed by atoms with E-state index in [2.05, 4.69) is 23.2 Å². The lowest BCUT2D eigenvalue weighted by molar-refractivity contribution is -0.0407. The summed E-state index contributed by atoms with van der Waals surface area (Å²) >= 11 is 6.33. The Balaban J connectivity index is 1.89. The van der Waals surface area contributed by atoms with Crippen LogP contribution >= 0.6 is 11.6 Å². The number of rotatable bonds is 4. The molecule has 0 bridgehead atoms. The maximum Gasteiger partial charge on any atom is 0.136 e. The predicted octanol–water partition coefficient (Wildman–Crippen LogP) is 4.06. The summed E-state index contributed by atoms with van der Waals surface area (Å²) in [6, 6.07) is 14.1. The van der Waals surface area contributed by atoms with Crippen LogP contribution in [0.3, 0.4) is 0 Å². The van der Waals surface area contributed by atoms with Crippen molar-refractivity contribution in [2.75, 3.05) is 13.7 Å². The third-order valence-electron chi connectivity index (χ3n) is 4.75. The third kappa shape index (κ3) is 2.92. The summed E-state index contributed by atoms with van der Waals surface area (Å²) in [6.45, 7) is 1.29. The van der Waals surface area contributed by atoms with Gasteiger partial charge in [0.25, 0.3) is 0 Å². The average molecular weight is 355 g/mol. The fourth-order valence-corrected chi connectivity index (χ4v) is 3.69. The molecule has 4 nitrogen and oxygen atoms in total. The summed E-state index contributed by atoms with van der Waals surface area (Å²) in [5.41, 5.74) is 2.85. The quantitative estimate of drug-likeness (QED) is 0.708. The van der Waals surface area contributed by atoms with Crippen molar-refractivity contribution in [3.63, 3.8) is 0 Å². The largest absolute Gasteiger partial charge is 0.497 e. The molecule has 3 aromatic rings. The normalized spacial score (nSPS) is 19.4. The van der Waals surface area contributed by atoms with E-state index in [4.69, 9.17) is 21.1 Å². The predicted molar refractivity (Wildman–Crippen MR) is 97.1 cm³/mol. The SMILES string of the molecule is COc1ccc(C2(Cn3ccnc3)OCCc3ccc(Cl)cc32)cc1. The van der Waals surface area contributed by atoms with E-state index in [9.17, 15) is 0 Å². The van der Waals surface area contributed by atoms with E-state index in [-0.39, 0.29) is 0 Å². The first kappa shape index (κ1) is 16.2. The summed E-state index contributed by atoms with van der Waals surface area (Å²) < 4.78 is 13.8. The molecule has 0 fully saturated rings. The first-order valence-electron chi connectivity index (χ1n) is 8.24. The van der Waals surface area contributed by atoms with E-state index in [1.54, 1.807) is 13.3 Å². The highest BCUT2D eigenvalue weighted by atomic mass is 35.5. The zero-order valence-electron chi connectivity index (χ0n) is 14.0. The Kier molecular flexibility index (Phi) is 4.24. The molecule has 4 rings (SSSR count). The van der Waals surface area contributed by atoms with Crippen LogP contribution in [0.15, 0.2) is 61.2 Å². The van der Waals surface area contributed by atoms with Gasteiger partial charge in [0.15, 0.2) is 0 Å². The lowest BCUT2D eigenvalue weighted by Crippen LogP contribution is -2.40. The molecule has 0 aliphatic carbocycles. The van der Waals surface area contributed by atoms with Crippen molar-refractivity contribution >= 4 is 11.6 Å². The fraction of sp³-hybridized carbons (Fsp3) is 0.250. The minimum atomic E-state index is -0.606. The van der Waals surface area contributed by atoms with Crippen molar-refractivity contribution in [1.82, 2.24) is 9.55 Å². The van der Waals surface area contributed by atoms with Crippen LogP contribution in [-0.4, -0.2) is 23.3 Å². The highest BCUT2D eigenvalue weighted by molar-refractivity contribution is 6.30. The molecule has 1 unspecified atom stereocenters. The van der Waals surface area contributed by atoms with Gasteiger partial charge in [-0.2, -0.15) is 0 Å². The van der Waals surface area contributed by atoms with Gasteiger partial charge in [0, 0.05) is 17.4 Å². The lowest BCUT2D eigenvalue weighted by atomic mass is 9.80. The molecule has 2 heterocycles. The number of methoxy groups -OCH3 is 1. The number of imidazole rings is 1. The Labute approximate surface area is 152 Å². The van der Waals surface area contributed by atoms with E-state index < -0.39 is 5.60 Å². The number of hydrogen-bond donors (Lipinski definition) is 0. The molecule has 1 aliphatic heterocycles. The molecule has 0 N–H and O–H groups in total. The summed E-state index contributed by atoms with van der Waals surface area (Å²) in [7, 11) is 1.67. The van der Waals surface area contributed by atoms with Crippen LogP contribution in [0.5, 0.6) is 5.75 Å². The Morgan fingerprint density at radius 2 is 2.08 bits per heavy atom. The van der Waals surface area contributed by atoms with E-state index in [1.807, 2.05) is 41.4 Å². The van der Waals surface area contributed by atoms with Gasteiger partial charge in [-0.05, 0) is 47.4 Å². The van der Waals surface area contributed by atoms with Gasteiger partial charge in [-0.3, -0.25) is 0 Å². The van der Waals surface area contributed by atoms with Crippen molar-refractivity contribution in [2.24, 2.45) is 0 Å². The maximum atomic E-state index is 6.43. The zero-order valence-corrected chi connectivity index (χ0v) is 14.7. The Hall–Kier alpha value is -2.30. The van der Waals surface area contributed by atoms with Crippen LogP contribution < -0.4 is 4.74 Å². The smallest absolute Gasteiger partial charge is 0.136 e.